The van der Waals surface area contributed by atoms with Crippen molar-refractivity contribution in [1.82, 2.24) is 4.57 Å². The molecule has 3 rings (SSSR count). The fraction of sp³-hybridized carbons (Fsp3) is 0.167. The van der Waals surface area contributed by atoms with Gasteiger partial charge < -0.3 is 14.4 Å². The highest BCUT2D eigenvalue weighted by molar-refractivity contribution is 9.10. The number of aromatic nitrogens is 1. The fourth-order valence-corrected chi connectivity index (χ4v) is 3.57. The molecule has 0 unspecified atom stereocenters. The van der Waals surface area contributed by atoms with Gasteiger partial charge in [-0.05, 0) is 71.3 Å². The molecular weight excluding hydrogens is 446 g/mol. The van der Waals surface area contributed by atoms with Crippen molar-refractivity contribution in [2.45, 2.75) is 19.9 Å². The number of carboxylic acids is 1. The molecule has 0 aliphatic rings. The molecular formula is C24H22BrNO4. The maximum Gasteiger partial charge on any atom is 0.335 e. The summed E-state index contributed by atoms with van der Waals surface area (Å²) in [6.07, 6.45) is 4.44. The first-order valence-electron chi connectivity index (χ1n) is 9.61. The van der Waals surface area contributed by atoms with E-state index in [-0.39, 0.29) is 11.1 Å². The number of ether oxygens (including phenoxy) is 1. The van der Waals surface area contributed by atoms with Crippen LogP contribution in [0.15, 0.2) is 69.9 Å². The van der Waals surface area contributed by atoms with E-state index in [1.165, 1.54) is 6.07 Å². The zero-order valence-electron chi connectivity index (χ0n) is 16.5. The number of halogens is 1. The van der Waals surface area contributed by atoms with Crippen molar-refractivity contribution in [1.29, 1.82) is 0 Å². The minimum absolute atomic E-state index is 0.0990. The minimum Gasteiger partial charge on any atom is -0.493 e. The second kappa shape index (κ2) is 10.1. The number of aryl methyl sites for hydroxylation is 1. The highest BCUT2D eigenvalue weighted by Gasteiger charge is 2.08. The van der Waals surface area contributed by atoms with Gasteiger partial charge in [0.05, 0.1) is 17.9 Å². The van der Waals surface area contributed by atoms with Crippen LogP contribution in [0, 0.1) is 0 Å². The number of carbonyl (C=O) groups is 1. The van der Waals surface area contributed by atoms with E-state index < -0.39 is 5.97 Å². The molecule has 5 nitrogen and oxygen atoms in total. The van der Waals surface area contributed by atoms with E-state index in [9.17, 15) is 9.59 Å². The van der Waals surface area contributed by atoms with Crippen LogP contribution in [0.1, 0.15) is 34.1 Å². The van der Waals surface area contributed by atoms with Gasteiger partial charge in [-0.15, -0.1) is 0 Å². The molecule has 0 amide bonds. The maximum absolute atomic E-state index is 12.5. The summed E-state index contributed by atoms with van der Waals surface area (Å²) < 4.78 is 8.18. The summed E-state index contributed by atoms with van der Waals surface area (Å²) in [6, 6.07) is 17.7. The van der Waals surface area contributed by atoms with E-state index in [1.54, 1.807) is 34.9 Å². The Morgan fingerprint density at radius 2 is 1.80 bits per heavy atom. The van der Waals surface area contributed by atoms with Crippen LogP contribution in [0.2, 0.25) is 0 Å². The van der Waals surface area contributed by atoms with Gasteiger partial charge in [-0.3, -0.25) is 4.79 Å². The fourth-order valence-electron chi connectivity index (χ4n) is 3.10. The number of benzene rings is 2. The average Bonchev–Trinajstić information content (AvgIpc) is 2.75. The molecule has 0 aliphatic heterocycles. The summed E-state index contributed by atoms with van der Waals surface area (Å²) in [5.74, 6) is -0.166. The summed E-state index contributed by atoms with van der Waals surface area (Å²) in [6.45, 7) is 2.98. The van der Waals surface area contributed by atoms with Gasteiger partial charge >= 0.3 is 5.97 Å². The molecule has 2 aromatic carbocycles. The first kappa shape index (κ1) is 21.6. The smallest absolute Gasteiger partial charge is 0.335 e. The highest BCUT2D eigenvalue weighted by atomic mass is 79.9. The van der Waals surface area contributed by atoms with E-state index >= 15 is 0 Å². The SMILES string of the molecule is CCOc1ccccc1/C=C/c1c(Br)ccc(=O)n1CCc1ccc(C(=O)O)cc1. The van der Waals surface area contributed by atoms with Gasteiger partial charge in [0.1, 0.15) is 5.75 Å². The van der Waals surface area contributed by atoms with Crippen LogP contribution < -0.4 is 10.3 Å². The predicted octanol–water partition coefficient (Wildman–Crippen LogP) is 5.12. The van der Waals surface area contributed by atoms with Crippen LogP contribution in [0.3, 0.4) is 0 Å². The molecule has 0 atom stereocenters. The lowest BCUT2D eigenvalue weighted by atomic mass is 10.1. The first-order valence-corrected chi connectivity index (χ1v) is 10.4. The molecule has 154 valence electrons. The third-order valence-electron chi connectivity index (χ3n) is 4.64. The molecule has 0 radical (unpaired) electrons. The molecule has 1 aromatic heterocycles. The zero-order valence-corrected chi connectivity index (χ0v) is 18.1. The molecule has 0 aliphatic carbocycles. The Kier molecular flexibility index (Phi) is 7.25. The molecule has 1 heterocycles. The maximum atomic E-state index is 12.5. The van der Waals surface area contributed by atoms with Gasteiger partial charge in [0.15, 0.2) is 0 Å². The number of carboxylic acid groups (broad SMARTS) is 1. The lowest BCUT2D eigenvalue weighted by Gasteiger charge is -2.12. The zero-order chi connectivity index (χ0) is 21.5. The first-order chi connectivity index (χ1) is 14.5. The molecule has 0 saturated heterocycles. The predicted molar refractivity (Wildman–Crippen MR) is 122 cm³/mol. The van der Waals surface area contributed by atoms with Crippen LogP contribution in [-0.4, -0.2) is 22.2 Å². The summed E-state index contributed by atoms with van der Waals surface area (Å²) in [5, 5.41) is 9.03. The summed E-state index contributed by atoms with van der Waals surface area (Å²) >= 11 is 3.55. The van der Waals surface area contributed by atoms with Gasteiger partial charge in [-0.25, -0.2) is 4.79 Å². The van der Waals surface area contributed by atoms with Crippen molar-refractivity contribution < 1.29 is 14.6 Å². The molecule has 1 N–H and O–H groups in total. The van der Waals surface area contributed by atoms with Crippen molar-refractivity contribution in [3.63, 3.8) is 0 Å². The second-order valence-electron chi connectivity index (χ2n) is 6.61. The Morgan fingerprint density at radius 3 is 2.50 bits per heavy atom. The third-order valence-corrected chi connectivity index (χ3v) is 5.31. The van der Waals surface area contributed by atoms with E-state index in [0.717, 1.165) is 27.0 Å². The lowest BCUT2D eigenvalue weighted by Crippen LogP contribution is -2.22. The highest BCUT2D eigenvalue weighted by Crippen LogP contribution is 2.23. The van der Waals surface area contributed by atoms with E-state index in [4.69, 9.17) is 9.84 Å². The summed E-state index contributed by atoms with van der Waals surface area (Å²) in [5.41, 5.74) is 2.80. The largest absolute Gasteiger partial charge is 0.493 e. The van der Waals surface area contributed by atoms with Gasteiger partial charge in [-0.1, -0.05) is 30.3 Å². The number of rotatable bonds is 8. The number of hydrogen-bond acceptors (Lipinski definition) is 3. The van der Waals surface area contributed by atoms with Gasteiger partial charge in [0, 0.05) is 22.6 Å². The number of aromatic carboxylic acids is 1. The van der Waals surface area contributed by atoms with Crippen LogP contribution in [-0.2, 0) is 13.0 Å². The molecule has 0 spiro atoms. The van der Waals surface area contributed by atoms with Crippen molar-refractivity contribution in [2.75, 3.05) is 6.61 Å². The molecule has 3 aromatic rings. The number of hydrogen-bond donors (Lipinski definition) is 1. The van der Waals surface area contributed by atoms with Crippen molar-refractivity contribution in [3.05, 3.63) is 97.9 Å². The summed E-state index contributed by atoms with van der Waals surface area (Å²) in [4.78, 5) is 23.5. The normalized spacial score (nSPS) is 11.0. The molecule has 30 heavy (non-hydrogen) atoms. The standard InChI is InChI=1S/C24H22BrNO4/c1-2-30-22-6-4-3-5-18(22)11-13-21-20(25)12-14-23(27)26(21)16-15-17-7-9-19(10-8-17)24(28)29/h3-14H,2,15-16H2,1H3,(H,28,29)/b13-11+. The number of para-hydroxylation sites is 1. The average molecular weight is 468 g/mol. The van der Waals surface area contributed by atoms with Gasteiger partial charge in [0.2, 0.25) is 0 Å². The van der Waals surface area contributed by atoms with Crippen LogP contribution in [0.5, 0.6) is 5.75 Å². The molecule has 0 bridgehead atoms. The summed E-state index contributed by atoms with van der Waals surface area (Å²) in [7, 11) is 0. The molecule has 0 fully saturated rings. The van der Waals surface area contributed by atoms with Crippen LogP contribution in [0.25, 0.3) is 12.2 Å². The van der Waals surface area contributed by atoms with Crippen LogP contribution >= 0.6 is 15.9 Å². The molecule has 6 heteroatoms. The van der Waals surface area contributed by atoms with Gasteiger partial charge in [-0.2, -0.15) is 0 Å². The Hall–Kier alpha value is -3.12. The van der Waals surface area contributed by atoms with Crippen molar-refractivity contribution in [2.24, 2.45) is 0 Å². The Labute approximate surface area is 183 Å². The Bertz CT molecular complexity index is 1120. The van der Waals surface area contributed by atoms with Crippen molar-refractivity contribution in [3.8, 4) is 5.75 Å². The van der Waals surface area contributed by atoms with Crippen molar-refractivity contribution >= 4 is 34.1 Å². The number of pyridine rings is 1. The minimum atomic E-state index is -0.954. The monoisotopic (exact) mass is 467 g/mol. The number of nitrogens with zero attached hydrogens (tertiary/aromatic N) is 1. The molecule has 0 saturated carbocycles. The van der Waals surface area contributed by atoms with E-state index in [0.29, 0.717) is 19.6 Å². The Balaban J connectivity index is 1.87. The van der Waals surface area contributed by atoms with Gasteiger partial charge in [0.25, 0.3) is 5.56 Å². The van der Waals surface area contributed by atoms with E-state index in [2.05, 4.69) is 15.9 Å². The second-order valence-corrected chi connectivity index (χ2v) is 7.47. The van der Waals surface area contributed by atoms with Crippen LogP contribution in [0.4, 0.5) is 0 Å². The Morgan fingerprint density at radius 1 is 1.07 bits per heavy atom. The lowest BCUT2D eigenvalue weighted by molar-refractivity contribution is 0.0697. The third kappa shape index (κ3) is 5.27. The van der Waals surface area contributed by atoms with E-state index in [1.807, 2.05) is 43.3 Å². The quantitative estimate of drug-likeness (QED) is 0.498. The topological polar surface area (TPSA) is 68.5 Å².